The molecule has 0 aromatic heterocycles. The summed E-state index contributed by atoms with van der Waals surface area (Å²) >= 11 is 0. The normalized spacial score (nSPS) is 16.8. The van der Waals surface area contributed by atoms with Gasteiger partial charge in [0.05, 0.1) is 0 Å². The van der Waals surface area contributed by atoms with Crippen molar-refractivity contribution in [3.63, 3.8) is 0 Å². The zero-order chi connectivity index (χ0) is 12.1. The van der Waals surface area contributed by atoms with Crippen LogP contribution in [0.3, 0.4) is 0 Å². The van der Waals surface area contributed by atoms with Crippen LogP contribution in [0.5, 0.6) is 0 Å². The van der Waals surface area contributed by atoms with Gasteiger partial charge in [0.25, 0.3) is 5.91 Å². The fraction of sp³-hybridized carbons (Fsp3) is 0.462. The Bertz CT molecular complexity index is 386. The maximum absolute atomic E-state index is 11.5. The average molecular weight is 233 g/mol. The standard InChI is InChI=1S/C13H19N3O/c1-14-13(17)12-4-2-3-11(9-12)10-16-7-5-15-6-8-16/h2-4,9,15H,5-8,10H2,1H3,(H,14,17). The highest BCUT2D eigenvalue weighted by Gasteiger charge is 2.10. The topological polar surface area (TPSA) is 44.4 Å². The van der Waals surface area contributed by atoms with E-state index in [0.29, 0.717) is 0 Å². The number of nitrogens with zero attached hydrogens (tertiary/aromatic N) is 1. The molecule has 1 saturated heterocycles. The predicted octanol–water partition coefficient (Wildman–Crippen LogP) is 0.451. The van der Waals surface area contributed by atoms with Crippen LogP contribution in [0.1, 0.15) is 15.9 Å². The molecule has 0 spiro atoms. The summed E-state index contributed by atoms with van der Waals surface area (Å²) < 4.78 is 0. The van der Waals surface area contributed by atoms with Crippen LogP contribution >= 0.6 is 0 Å². The third-order valence-corrected chi connectivity index (χ3v) is 3.03. The first-order valence-electron chi connectivity index (χ1n) is 6.03. The van der Waals surface area contributed by atoms with E-state index in [-0.39, 0.29) is 5.91 Å². The van der Waals surface area contributed by atoms with Crippen LogP contribution < -0.4 is 10.6 Å². The Hall–Kier alpha value is -1.39. The van der Waals surface area contributed by atoms with Gasteiger partial charge in [-0.25, -0.2) is 0 Å². The largest absolute Gasteiger partial charge is 0.355 e. The number of hydrogen-bond acceptors (Lipinski definition) is 3. The molecule has 4 nitrogen and oxygen atoms in total. The van der Waals surface area contributed by atoms with E-state index in [4.69, 9.17) is 0 Å². The molecule has 1 heterocycles. The molecule has 4 heteroatoms. The summed E-state index contributed by atoms with van der Waals surface area (Å²) in [7, 11) is 1.66. The molecule has 1 amide bonds. The molecule has 0 atom stereocenters. The van der Waals surface area contributed by atoms with Crippen LogP contribution in [0.25, 0.3) is 0 Å². The lowest BCUT2D eigenvalue weighted by atomic mass is 10.1. The van der Waals surface area contributed by atoms with Crippen molar-refractivity contribution >= 4 is 5.91 Å². The second-order valence-electron chi connectivity index (χ2n) is 4.31. The van der Waals surface area contributed by atoms with Crippen molar-refractivity contribution in [1.29, 1.82) is 0 Å². The number of hydrogen-bond donors (Lipinski definition) is 2. The molecule has 1 aliphatic heterocycles. The zero-order valence-corrected chi connectivity index (χ0v) is 10.2. The van der Waals surface area contributed by atoms with Crippen molar-refractivity contribution in [1.82, 2.24) is 15.5 Å². The Morgan fingerprint density at radius 2 is 2.18 bits per heavy atom. The zero-order valence-electron chi connectivity index (χ0n) is 10.2. The molecule has 17 heavy (non-hydrogen) atoms. The number of nitrogens with one attached hydrogen (secondary N) is 2. The first-order chi connectivity index (χ1) is 8.29. The molecule has 0 aliphatic carbocycles. The Morgan fingerprint density at radius 1 is 1.41 bits per heavy atom. The van der Waals surface area contributed by atoms with Gasteiger partial charge in [-0.15, -0.1) is 0 Å². The minimum Gasteiger partial charge on any atom is -0.355 e. The van der Waals surface area contributed by atoms with Gasteiger partial charge in [0, 0.05) is 45.3 Å². The second kappa shape index (κ2) is 5.80. The van der Waals surface area contributed by atoms with Gasteiger partial charge in [-0.05, 0) is 17.7 Å². The number of amides is 1. The van der Waals surface area contributed by atoms with Gasteiger partial charge in [0.15, 0.2) is 0 Å². The summed E-state index contributed by atoms with van der Waals surface area (Å²) in [6, 6.07) is 7.84. The smallest absolute Gasteiger partial charge is 0.251 e. The summed E-state index contributed by atoms with van der Waals surface area (Å²) in [5.41, 5.74) is 1.94. The summed E-state index contributed by atoms with van der Waals surface area (Å²) in [6.07, 6.45) is 0. The van der Waals surface area contributed by atoms with E-state index >= 15 is 0 Å². The molecule has 0 radical (unpaired) electrons. The predicted molar refractivity (Wildman–Crippen MR) is 68.0 cm³/mol. The van der Waals surface area contributed by atoms with Gasteiger partial charge in [-0.1, -0.05) is 12.1 Å². The fourth-order valence-electron chi connectivity index (χ4n) is 2.08. The minimum absolute atomic E-state index is 0.0211. The van der Waals surface area contributed by atoms with E-state index in [0.717, 1.165) is 38.3 Å². The second-order valence-corrected chi connectivity index (χ2v) is 4.31. The summed E-state index contributed by atoms with van der Waals surface area (Å²) in [4.78, 5) is 13.9. The molecule has 0 unspecified atom stereocenters. The minimum atomic E-state index is -0.0211. The van der Waals surface area contributed by atoms with Gasteiger partial charge in [0.1, 0.15) is 0 Å². The van der Waals surface area contributed by atoms with Crippen molar-refractivity contribution in [2.75, 3.05) is 33.2 Å². The Labute approximate surface area is 102 Å². The molecule has 2 rings (SSSR count). The number of carbonyl (C=O) groups excluding carboxylic acids is 1. The lowest BCUT2D eigenvalue weighted by molar-refractivity contribution is 0.0963. The van der Waals surface area contributed by atoms with Gasteiger partial charge in [-0.2, -0.15) is 0 Å². The number of benzene rings is 1. The van der Waals surface area contributed by atoms with Crippen LogP contribution in [-0.4, -0.2) is 44.0 Å². The molecule has 0 saturated carbocycles. The molecule has 0 bridgehead atoms. The first kappa shape index (κ1) is 12.1. The van der Waals surface area contributed by atoms with Crippen LogP contribution in [0, 0.1) is 0 Å². The van der Waals surface area contributed by atoms with E-state index < -0.39 is 0 Å². The Morgan fingerprint density at radius 3 is 2.88 bits per heavy atom. The van der Waals surface area contributed by atoms with Crippen molar-refractivity contribution in [2.24, 2.45) is 0 Å². The molecule has 1 aromatic rings. The molecule has 92 valence electrons. The Balaban J connectivity index is 2.02. The van der Waals surface area contributed by atoms with Gasteiger partial charge >= 0.3 is 0 Å². The third-order valence-electron chi connectivity index (χ3n) is 3.03. The first-order valence-corrected chi connectivity index (χ1v) is 6.03. The monoisotopic (exact) mass is 233 g/mol. The van der Waals surface area contributed by atoms with Crippen molar-refractivity contribution in [2.45, 2.75) is 6.54 Å². The number of rotatable bonds is 3. The maximum Gasteiger partial charge on any atom is 0.251 e. The molecule has 2 N–H and O–H groups in total. The summed E-state index contributed by atoms with van der Waals surface area (Å²) in [6.45, 7) is 5.17. The van der Waals surface area contributed by atoms with E-state index in [9.17, 15) is 4.79 Å². The average Bonchev–Trinajstić information content (AvgIpc) is 2.39. The van der Waals surface area contributed by atoms with Crippen LogP contribution in [0.4, 0.5) is 0 Å². The van der Waals surface area contributed by atoms with E-state index in [2.05, 4.69) is 21.6 Å². The molecule has 1 fully saturated rings. The molecule has 1 aliphatic rings. The van der Waals surface area contributed by atoms with E-state index in [1.807, 2.05) is 18.2 Å². The van der Waals surface area contributed by atoms with Crippen molar-refractivity contribution in [3.8, 4) is 0 Å². The summed E-state index contributed by atoms with van der Waals surface area (Å²) in [5.74, 6) is -0.0211. The highest BCUT2D eigenvalue weighted by atomic mass is 16.1. The van der Waals surface area contributed by atoms with Gasteiger partial charge in [-0.3, -0.25) is 9.69 Å². The lowest BCUT2D eigenvalue weighted by Gasteiger charge is -2.27. The van der Waals surface area contributed by atoms with Crippen molar-refractivity contribution in [3.05, 3.63) is 35.4 Å². The van der Waals surface area contributed by atoms with Gasteiger partial charge in [0.2, 0.25) is 0 Å². The van der Waals surface area contributed by atoms with E-state index in [1.54, 1.807) is 7.05 Å². The fourth-order valence-corrected chi connectivity index (χ4v) is 2.08. The molecular formula is C13H19N3O. The van der Waals surface area contributed by atoms with Gasteiger partial charge < -0.3 is 10.6 Å². The highest BCUT2D eigenvalue weighted by Crippen LogP contribution is 2.09. The quantitative estimate of drug-likeness (QED) is 0.797. The number of piperazine rings is 1. The number of carbonyl (C=O) groups is 1. The maximum atomic E-state index is 11.5. The SMILES string of the molecule is CNC(=O)c1cccc(CN2CCNCC2)c1. The van der Waals surface area contributed by atoms with Crippen LogP contribution in [0.15, 0.2) is 24.3 Å². The third kappa shape index (κ3) is 3.28. The lowest BCUT2D eigenvalue weighted by Crippen LogP contribution is -2.42. The van der Waals surface area contributed by atoms with E-state index in [1.165, 1.54) is 5.56 Å². The molecule has 1 aromatic carbocycles. The van der Waals surface area contributed by atoms with Crippen LogP contribution in [-0.2, 0) is 6.54 Å². The van der Waals surface area contributed by atoms with Crippen LogP contribution in [0.2, 0.25) is 0 Å². The Kier molecular flexibility index (Phi) is 4.12. The highest BCUT2D eigenvalue weighted by molar-refractivity contribution is 5.94. The van der Waals surface area contributed by atoms with Crippen molar-refractivity contribution < 1.29 is 4.79 Å². The summed E-state index contributed by atoms with van der Waals surface area (Å²) in [5, 5.41) is 5.98. The molecular weight excluding hydrogens is 214 g/mol.